The van der Waals surface area contributed by atoms with E-state index in [4.69, 9.17) is 33.1 Å². The number of carboxylic acid groups (broad SMARTS) is 1. The van der Waals surface area contributed by atoms with Crippen LogP contribution in [0.1, 0.15) is 35.0 Å². The standard InChI is InChI=1S/C10H12Cl2NO.C6H6F2N2O2/c1-7(13-14-2)5-8-3-4-9(11)6-10(8)12;1-10-2-3(6(11)12)4(9-10)5(7)8/h3-4,6-7H,5H2,1-2H3;2,5H,1H3,(H,11,12)/q-1;. The predicted molar refractivity (Wildman–Crippen MR) is 95.1 cm³/mol. The maximum Gasteiger partial charge on any atom is 0.339 e. The van der Waals surface area contributed by atoms with Crippen LogP contribution in [0.3, 0.4) is 0 Å². The summed E-state index contributed by atoms with van der Waals surface area (Å²) >= 11 is 11.8. The summed E-state index contributed by atoms with van der Waals surface area (Å²) in [5, 5.41) is 13.1. The van der Waals surface area contributed by atoms with E-state index in [1.807, 2.05) is 19.1 Å². The summed E-state index contributed by atoms with van der Waals surface area (Å²) in [4.78, 5) is 15.0. The summed E-state index contributed by atoms with van der Waals surface area (Å²) in [7, 11) is 2.93. The molecule has 144 valence electrons. The Morgan fingerprint density at radius 3 is 2.54 bits per heavy atom. The third-order valence-electron chi connectivity index (χ3n) is 3.11. The largest absolute Gasteiger partial charge is 0.532 e. The van der Waals surface area contributed by atoms with Crippen molar-refractivity contribution in [2.45, 2.75) is 25.8 Å². The van der Waals surface area contributed by atoms with Gasteiger partial charge in [0.05, 0.1) is 0 Å². The van der Waals surface area contributed by atoms with Gasteiger partial charge in [-0.3, -0.25) is 4.68 Å². The molecule has 1 aromatic heterocycles. The van der Waals surface area contributed by atoms with E-state index in [-0.39, 0.29) is 6.04 Å². The molecule has 1 heterocycles. The zero-order valence-corrected chi connectivity index (χ0v) is 15.8. The molecule has 0 aliphatic carbocycles. The van der Waals surface area contributed by atoms with Crippen LogP contribution < -0.4 is 0 Å². The predicted octanol–water partition coefficient (Wildman–Crippen LogP) is 4.92. The summed E-state index contributed by atoms with van der Waals surface area (Å²) in [6, 6.07) is 5.56. The van der Waals surface area contributed by atoms with Crippen molar-refractivity contribution in [2.75, 3.05) is 7.11 Å². The Hall–Kier alpha value is -1.74. The van der Waals surface area contributed by atoms with E-state index in [2.05, 4.69) is 10.6 Å². The van der Waals surface area contributed by atoms with E-state index in [1.54, 1.807) is 13.2 Å². The van der Waals surface area contributed by atoms with Crippen molar-refractivity contribution in [1.29, 1.82) is 0 Å². The molecule has 0 saturated carbocycles. The van der Waals surface area contributed by atoms with Crippen molar-refractivity contribution in [3.05, 3.63) is 56.7 Å². The van der Waals surface area contributed by atoms with E-state index in [9.17, 15) is 13.6 Å². The number of hydrogen-bond acceptors (Lipinski definition) is 3. The Kier molecular flexibility index (Phi) is 8.94. The van der Waals surface area contributed by atoms with Crippen LogP contribution in [0, 0.1) is 0 Å². The van der Waals surface area contributed by atoms with Crippen LogP contribution in [0.4, 0.5) is 8.78 Å². The third kappa shape index (κ3) is 6.87. The average Bonchev–Trinajstić information content (AvgIpc) is 2.94. The average molecular weight is 409 g/mol. The van der Waals surface area contributed by atoms with Gasteiger partial charge in [0.25, 0.3) is 6.43 Å². The minimum absolute atomic E-state index is 0.0960. The van der Waals surface area contributed by atoms with Gasteiger partial charge in [-0.15, -0.1) is 6.04 Å². The molecule has 0 spiro atoms. The molecular weight excluding hydrogens is 391 g/mol. The van der Waals surface area contributed by atoms with Crippen molar-refractivity contribution in [1.82, 2.24) is 9.78 Å². The molecule has 0 radical (unpaired) electrons. The molecule has 0 fully saturated rings. The van der Waals surface area contributed by atoms with Crippen LogP contribution in [0.5, 0.6) is 0 Å². The first-order chi connectivity index (χ1) is 12.1. The smallest absolute Gasteiger partial charge is 0.339 e. The number of aromatic carboxylic acids is 1. The highest BCUT2D eigenvalue weighted by molar-refractivity contribution is 6.35. The first kappa shape index (κ1) is 22.3. The van der Waals surface area contributed by atoms with E-state index in [1.165, 1.54) is 7.05 Å². The summed E-state index contributed by atoms with van der Waals surface area (Å²) in [6.45, 7) is 1.97. The summed E-state index contributed by atoms with van der Waals surface area (Å²) in [5.74, 6) is -1.39. The molecule has 1 N–H and O–H groups in total. The fourth-order valence-corrected chi connectivity index (χ4v) is 2.54. The molecule has 0 saturated heterocycles. The number of aromatic nitrogens is 2. The summed E-state index contributed by atoms with van der Waals surface area (Å²) in [5.41, 5.74) is 3.78. The highest BCUT2D eigenvalue weighted by Gasteiger charge is 2.21. The second-order valence-corrected chi connectivity index (χ2v) is 6.13. The molecule has 1 aromatic carbocycles. The molecular formula is C16H18Cl2F2N3O3-. The van der Waals surface area contributed by atoms with Crippen LogP contribution in [-0.2, 0) is 18.3 Å². The Morgan fingerprint density at radius 1 is 1.42 bits per heavy atom. The number of carboxylic acids is 1. The molecule has 2 rings (SSSR count). The van der Waals surface area contributed by atoms with Crippen LogP contribution >= 0.6 is 23.2 Å². The topological polar surface area (TPSA) is 78.5 Å². The van der Waals surface area contributed by atoms with Gasteiger partial charge in [-0.05, 0) is 24.1 Å². The lowest BCUT2D eigenvalue weighted by atomic mass is 10.1. The van der Waals surface area contributed by atoms with Gasteiger partial charge in [-0.25, -0.2) is 13.6 Å². The van der Waals surface area contributed by atoms with Gasteiger partial charge >= 0.3 is 5.97 Å². The number of hydroxylamine groups is 1. The first-order valence-corrected chi connectivity index (χ1v) is 8.13. The lowest BCUT2D eigenvalue weighted by Crippen LogP contribution is -2.05. The van der Waals surface area contributed by atoms with Gasteiger partial charge < -0.3 is 15.4 Å². The quantitative estimate of drug-likeness (QED) is 0.688. The molecule has 6 nitrogen and oxygen atoms in total. The van der Waals surface area contributed by atoms with Crippen LogP contribution in [-0.4, -0.2) is 34.0 Å². The highest BCUT2D eigenvalue weighted by Crippen LogP contribution is 2.23. The molecule has 0 bridgehead atoms. The Labute approximate surface area is 159 Å². The molecule has 1 unspecified atom stereocenters. The summed E-state index contributed by atoms with van der Waals surface area (Å²) in [6.07, 6.45) is -1.05. The van der Waals surface area contributed by atoms with Gasteiger partial charge in [0.2, 0.25) is 0 Å². The Morgan fingerprint density at radius 2 is 2.08 bits per heavy atom. The van der Waals surface area contributed by atoms with Crippen LogP contribution in [0.2, 0.25) is 10.0 Å². The van der Waals surface area contributed by atoms with E-state index < -0.39 is 23.7 Å². The number of halogens is 4. The third-order valence-corrected chi connectivity index (χ3v) is 3.70. The molecule has 0 aliphatic heterocycles. The van der Waals surface area contributed by atoms with Crippen molar-refractivity contribution in [3.8, 4) is 0 Å². The maximum absolute atomic E-state index is 12.1. The molecule has 26 heavy (non-hydrogen) atoms. The second-order valence-electron chi connectivity index (χ2n) is 5.28. The van der Waals surface area contributed by atoms with Crippen molar-refractivity contribution in [3.63, 3.8) is 0 Å². The van der Waals surface area contributed by atoms with E-state index >= 15 is 0 Å². The van der Waals surface area contributed by atoms with Gasteiger partial charge in [0.1, 0.15) is 11.3 Å². The molecule has 1 atom stereocenters. The SMILES string of the molecule is CO[N-]C(C)Cc1ccc(Cl)cc1Cl.Cn1cc(C(=O)O)c(C(F)F)n1. The number of alkyl halides is 2. The van der Waals surface area contributed by atoms with Gasteiger partial charge in [-0.2, -0.15) is 5.10 Å². The van der Waals surface area contributed by atoms with Crippen molar-refractivity contribution in [2.24, 2.45) is 7.05 Å². The minimum atomic E-state index is -2.85. The first-order valence-electron chi connectivity index (χ1n) is 7.37. The van der Waals surface area contributed by atoms with Crippen LogP contribution in [0.25, 0.3) is 5.48 Å². The highest BCUT2D eigenvalue weighted by atomic mass is 35.5. The number of aryl methyl sites for hydroxylation is 1. The molecule has 0 amide bonds. The monoisotopic (exact) mass is 408 g/mol. The van der Waals surface area contributed by atoms with Crippen molar-refractivity contribution < 1.29 is 23.5 Å². The normalized spacial score (nSPS) is 11.8. The lowest BCUT2D eigenvalue weighted by Gasteiger charge is -2.26. The number of nitrogens with zero attached hydrogens (tertiary/aromatic N) is 3. The second kappa shape index (κ2) is 10.4. The number of carbonyl (C=O) groups is 1. The lowest BCUT2D eigenvalue weighted by molar-refractivity contribution is 0.0684. The molecule has 0 aliphatic rings. The van der Waals surface area contributed by atoms with Gasteiger partial charge in [-0.1, -0.05) is 36.2 Å². The van der Waals surface area contributed by atoms with Crippen LogP contribution in [0.15, 0.2) is 24.4 Å². The Balaban J connectivity index is 0.000000263. The maximum atomic E-state index is 12.1. The van der Waals surface area contributed by atoms with Crippen molar-refractivity contribution >= 4 is 29.2 Å². The zero-order chi connectivity index (χ0) is 19.9. The number of rotatable bonds is 6. The van der Waals surface area contributed by atoms with E-state index in [0.29, 0.717) is 10.0 Å². The molecule has 10 heteroatoms. The fourth-order valence-electron chi connectivity index (χ4n) is 2.05. The minimum Gasteiger partial charge on any atom is -0.532 e. The number of benzene rings is 1. The Bertz CT molecular complexity index is 742. The van der Waals surface area contributed by atoms with Gasteiger partial charge in [0.15, 0.2) is 0 Å². The molecule has 2 aromatic rings. The number of hydrogen-bond donors (Lipinski definition) is 1. The zero-order valence-electron chi connectivity index (χ0n) is 14.3. The van der Waals surface area contributed by atoms with Gasteiger partial charge in [0, 0.05) is 30.4 Å². The summed E-state index contributed by atoms with van der Waals surface area (Å²) < 4.78 is 25.2. The fraction of sp³-hybridized carbons (Fsp3) is 0.375. The van der Waals surface area contributed by atoms with E-state index in [0.717, 1.165) is 22.9 Å².